The molecule has 0 aliphatic heterocycles. The van der Waals surface area contributed by atoms with E-state index in [2.05, 4.69) is 75.3 Å². The molecule has 1 radical (unpaired) electrons. The number of halogens is 1. The Bertz CT molecular complexity index is 2640. The predicted octanol–water partition coefficient (Wildman–Crippen LogP) is 13.7. The van der Waals surface area contributed by atoms with Gasteiger partial charge in [-0.05, 0) is 137 Å². The number of alkyl carbamates (subject to hydrolysis) is 3. The Morgan fingerprint density at radius 2 is 1.05 bits per heavy atom. The van der Waals surface area contributed by atoms with Gasteiger partial charge in [-0.1, -0.05) is 122 Å². The molecule has 5 rings (SSSR count). The van der Waals surface area contributed by atoms with Gasteiger partial charge in [0.05, 0.1) is 23.7 Å². The average Bonchev–Trinajstić information content (AvgIpc) is 3.81. The zero-order valence-electron chi connectivity index (χ0n) is 48.4. The van der Waals surface area contributed by atoms with Crippen LogP contribution >= 0.6 is 28.7 Å². The Morgan fingerprint density at radius 1 is 0.679 bits per heavy atom. The predicted molar refractivity (Wildman–Crippen MR) is 322 cm³/mol. The van der Waals surface area contributed by atoms with Crippen LogP contribution in [0.3, 0.4) is 0 Å². The van der Waals surface area contributed by atoms with Gasteiger partial charge in [0.25, 0.3) is 0 Å². The van der Waals surface area contributed by atoms with Gasteiger partial charge in [-0.3, -0.25) is 4.79 Å². The number of nitrogens with one attached hydrogen (secondary N) is 3. The molecule has 18 heteroatoms. The third-order valence-electron chi connectivity index (χ3n) is 11.3. The van der Waals surface area contributed by atoms with E-state index in [4.69, 9.17) is 23.9 Å². The van der Waals surface area contributed by atoms with Gasteiger partial charge in [0.2, 0.25) is 0 Å². The maximum atomic E-state index is 12.1. The van der Waals surface area contributed by atoms with Crippen molar-refractivity contribution in [1.82, 2.24) is 25.3 Å². The van der Waals surface area contributed by atoms with E-state index in [9.17, 15) is 24.3 Å². The summed E-state index contributed by atoms with van der Waals surface area (Å²) in [6.07, 6.45) is 6.83. The summed E-state index contributed by atoms with van der Waals surface area (Å²) in [6.45, 7) is 31.0. The van der Waals surface area contributed by atoms with Crippen LogP contribution in [-0.2, 0) is 38.2 Å². The first-order valence-electron chi connectivity index (χ1n) is 26.4. The number of imidazole rings is 1. The van der Waals surface area contributed by atoms with Crippen LogP contribution in [-0.4, -0.2) is 93.1 Å². The second-order valence-electron chi connectivity index (χ2n) is 21.5. The summed E-state index contributed by atoms with van der Waals surface area (Å²) in [5.41, 5.74) is 6.97. The number of amides is 3. The first-order valence-corrected chi connectivity index (χ1v) is 28.0. The quantitative estimate of drug-likeness (QED) is 0.0133. The van der Waals surface area contributed by atoms with Crippen molar-refractivity contribution >= 4 is 71.9 Å². The summed E-state index contributed by atoms with van der Waals surface area (Å²) in [7, 11) is 4.34. The molecule has 0 saturated heterocycles. The van der Waals surface area contributed by atoms with Crippen molar-refractivity contribution in [1.29, 1.82) is 0 Å². The normalized spacial score (nSPS) is 12.7. The molecule has 78 heavy (non-hydrogen) atoms. The van der Waals surface area contributed by atoms with Crippen LogP contribution in [0.15, 0.2) is 108 Å². The molecule has 0 aliphatic carbocycles. The van der Waals surface area contributed by atoms with E-state index in [0.717, 1.165) is 76.8 Å². The van der Waals surface area contributed by atoms with Gasteiger partial charge in [-0.15, -0.1) is 0 Å². The third-order valence-corrected chi connectivity index (χ3v) is 11.8. The number of aliphatic hydroxyl groups is 1. The van der Waals surface area contributed by atoms with Gasteiger partial charge in [0, 0.05) is 52.8 Å². The van der Waals surface area contributed by atoms with E-state index >= 15 is 0 Å². The van der Waals surface area contributed by atoms with Crippen molar-refractivity contribution in [3.8, 4) is 11.3 Å². The van der Waals surface area contributed by atoms with Crippen LogP contribution in [0, 0.1) is 0 Å². The third kappa shape index (κ3) is 26.6. The number of benzene rings is 3. The molecule has 15 nitrogen and oxygen atoms in total. The monoisotopic (exact) mass is 1160 g/mol. The fraction of sp³-hybridized carbons (Fsp3) is 0.483. The van der Waals surface area contributed by atoms with E-state index in [1.807, 2.05) is 180 Å². The number of thiol groups is 1. The number of alkyl halides is 1. The molecule has 0 spiro atoms. The number of rotatable bonds is 19. The Hall–Kier alpha value is -5.98. The topological polar surface area (TPSA) is 191 Å². The number of Topliss-reactive ketones (excluding diaryl/α,β-unsaturated/α-hetero) is 1. The molecule has 5 aromatic rings. The molecule has 425 valence electrons. The number of hydrogen-bond donors (Lipinski definition) is 5. The van der Waals surface area contributed by atoms with E-state index in [1.54, 1.807) is 6.92 Å². The molecule has 3 amide bonds. The number of pyridine rings is 1. The molecule has 0 bridgehead atoms. The summed E-state index contributed by atoms with van der Waals surface area (Å²) >= 11 is 6.35. The molecule has 0 fully saturated rings. The number of carbonyl (C=O) groups is 4. The van der Waals surface area contributed by atoms with Crippen molar-refractivity contribution in [3.05, 3.63) is 137 Å². The number of fused-ring (bicyclic) bond motifs is 1. The number of nitrogens with zero attached hydrogens (tertiary/aromatic N) is 3. The second-order valence-corrected chi connectivity index (χ2v) is 22.3. The van der Waals surface area contributed by atoms with Gasteiger partial charge >= 0.3 is 43.0 Å². The van der Waals surface area contributed by atoms with Gasteiger partial charge < -0.3 is 44.4 Å². The van der Waals surface area contributed by atoms with E-state index in [-0.39, 0.29) is 36.1 Å². The molecular formula is C60H85BBrN6O9S. The fourth-order valence-electron chi connectivity index (χ4n) is 7.47. The summed E-state index contributed by atoms with van der Waals surface area (Å²) in [4.78, 5) is 52.0. The van der Waals surface area contributed by atoms with Crippen LogP contribution in [0.4, 0.5) is 14.4 Å². The minimum atomic E-state index is -0.574. The summed E-state index contributed by atoms with van der Waals surface area (Å²) in [5, 5.41) is 19.1. The molecule has 2 unspecified atom stereocenters. The SMILES string of the molecule is C=C(OCC)c1ccc(CC(CC)NC(=O)OC(C)(C)C)cc1.CC[C@H](Cc1ccc(-c2cn3cccc(C(C)O)c3n2)cc1)NC(=O)OC(C)(C)C.CC[C@H](Cc1ccc(C(=O)CBr)cc1)NC(=O)OC(C)(C)C.[B]=NS. The summed E-state index contributed by atoms with van der Waals surface area (Å²) < 4.78 is 26.0. The molecule has 4 atom stereocenters. The number of carbonyl (C=O) groups excluding carboxylic acids is 4. The van der Waals surface area contributed by atoms with Crippen molar-refractivity contribution in [2.24, 2.45) is 4.30 Å². The number of aliphatic hydroxyl groups excluding tert-OH is 1. The van der Waals surface area contributed by atoms with Gasteiger partial charge in [-0.2, -0.15) is 0 Å². The Labute approximate surface area is 479 Å². The standard InChI is InChI=1S/C24H31N3O3.C19H29NO3.C17H24BrNO3.BHNS/c1-6-19(25-23(29)30-24(3,4)5)14-17-9-11-18(12-10-17)21-15-27-13-7-8-20(16(2)28)22(27)26-21;1-7-17(20-18(21)23-19(4,5)6)13-15-9-11-16(12-10-15)14(3)22-8-2;1-5-14(19-16(21)22-17(2,3)4)10-12-6-8-13(9-7-12)15(20)11-18;1-2-3/h7-13,15-16,19,28H,6,14H2,1-5H3,(H,25,29);9-12,17H,3,7-8,13H2,1-2,4-6H3,(H,20,21);6-9,14H,5,10-11H2,1-4H3,(H,19,21);3H/t16?,19-;;14-;/m1.1./s1. The Morgan fingerprint density at radius 3 is 1.38 bits per heavy atom. The van der Waals surface area contributed by atoms with Crippen molar-refractivity contribution < 1.29 is 43.2 Å². The van der Waals surface area contributed by atoms with Gasteiger partial charge in [-0.25, -0.2) is 19.4 Å². The zero-order valence-corrected chi connectivity index (χ0v) is 50.8. The Kier molecular flexibility index (Phi) is 29.2. The van der Waals surface area contributed by atoms with Crippen LogP contribution in [0.1, 0.15) is 160 Å². The first-order chi connectivity index (χ1) is 36.6. The van der Waals surface area contributed by atoms with Crippen molar-refractivity contribution in [2.75, 3.05) is 11.9 Å². The molecule has 2 aromatic heterocycles. The number of ketones is 1. The van der Waals surface area contributed by atoms with E-state index in [0.29, 0.717) is 29.7 Å². The molecule has 0 saturated carbocycles. The second kappa shape index (κ2) is 33.5. The average molecular weight is 1160 g/mol. The van der Waals surface area contributed by atoms with Crippen molar-refractivity contribution in [2.45, 2.75) is 176 Å². The van der Waals surface area contributed by atoms with E-state index in [1.165, 1.54) is 0 Å². The number of ether oxygens (including phenoxy) is 4. The molecule has 4 N–H and O–H groups in total. The van der Waals surface area contributed by atoms with Crippen LogP contribution in [0.5, 0.6) is 0 Å². The fourth-order valence-corrected chi connectivity index (χ4v) is 7.79. The van der Waals surface area contributed by atoms with Crippen LogP contribution in [0.2, 0.25) is 0 Å². The summed E-state index contributed by atoms with van der Waals surface area (Å²) in [6, 6.07) is 27.6. The molecule has 3 aromatic carbocycles. The molecular weight excluding hydrogens is 1070 g/mol. The molecule has 2 heterocycles. The summed E-state index contributed by atoms with van der Waals surface area (Å²) in [5.74, 6) is 0.739. The van der Waals surface area contributed by atoms with Crippen LogP contribution in [0.25, 0.3) is 22.7 Å². The van der Waals surface area contributed by atoms with E-state index < -0.39 is 29.0 Å². The number of aromatic nitrogens is 2. The van der Waals surface area contributed by atoms with Gasteiger partial charge in [0.15, 0.2) is 5.78 Å². The Balaban J connectivity index is 0.000000396. The van der Waals surface area contributed by atoms with Crippen LogP contribution < -0.4 is 16.0 Å². The zero-order chi connectivity index (χ0) is 58.8. The molecule has 0 aliphatic rings. The van der Waals surface area contributed by atoms with Gasteiger partial charge in [0.1, 0.15) is 28.2 Å². The maximum absolute atomic E-state index is 12.1. The van der Waals surface area contributed by atoms with Crippen molar-refractivity contribution in [3.63, 3.8) is 0 Å². The number of hydrogen-bond acceptors (Lipinski definition) is 12. The first kappa shape index (κ1) is 68.1. The minimum absolute atomic E-state index is 0.00702.